The summed E-state index contributed by atoms with van der Waals surface area (Å²) in [5, 5.41) is 4.39. The second-order valence-corrected chi connectivity index (χ2v) is 7.25. The molecule has 4 nitrogen and oxygen atoms in total. The minimum absolute atomic E-state index is 0.00758. The first-order valence-electron chi connectivity index (χ1n) is 8.31. The Hall–Kier alpha value is -0.810. The molecule has 2 aliphatic rings. The normalized spacial score (nSPS) is 20.7. The van der Waals surface area contributed by atoms with E-state index in [0.717, 1.165) is 51.7 Å². The Morgan fingerprint density at radius 3 is 2.48 bits per heavy atom. The summed E-state index contributed by atoms with van der Waals surface area (Å²) in [7, 11) is 0. The summed E-state index contributed by atoms with van der Waals surface area (Å²) in [5.41, 5.74) is 0.544. The van der Waals surface area contributed by atoms with Gasteiger partial charge in [0.15, 0.2) is 0 Å². The number of carbonyl (C=O) groups excluding carboxylic acids is 1. The van der Waals surface area contributed by atoms with Gasteiger partial charge in [0.1, 0.15) is 0 Å². The van der Waals surface area contributed by atoms with Crippen LogP contribution >= 0.6 is 23.2 Å². The average Bonchev–Trinajstić information content (AvgIpc) is 2.56. The molecule has 1 N–H and O–H groups in total. The molecule has 0 aliphatic carbocycles. The summed E-state index contributed by atoms with van der Waals surface area (Å²) in [6, 6.07) is 5.06. The van der Waals surface area contributed by atoms with Gasteiger partial charge in [0, 0.05) is 37.7 Å². The van der Waals surface area contributed by atoms with E-state index in [4.69, 9.17) is 23.2 Å². The van der Waals surface area contributed by atoms with E-state index in [-0.39, 0.29) is 5.91 Å². The zero-order chi connectivity index (χ0) is 16.2. The zero-order valence-corrected chi connectivity index (χ0v) is 14.7. The molecule has 3 rings (SSSR count). The first-order valence-corrected chi connectivity index (χ1v) is 9.06. The lowest BCUT2D eigenvalue weighted by molar-refractivity contribution is 0.0608. The quantitative estimate of drug-likeness (QED) is 0.905. The molecule has 1 aromatic carbocycles. The van der Waals surface area contributed by atoms with E-state index in [0.29, 0.717) is 15.6 Å². The van der Waals surface area contributed by atoms with Crippen LogP contribution in [0, 0.1) is 5.92 Å². The molecule has 2 aliphatic heterocycles. The van der Waals surface area contributed by atoms with Crippen molar-refractivity contribution in [2.45, 2.75) is 12.8 Å². The standard InChI is InChI=1S/C17H23Cl2N3O/c18-14-1-2-15(16(19)11-14)17(23)22-9-7-21(8-10-22)12-13-3-5-20-6-4-13/h1-2,11,13,20H,3-10,12H2. The van der Waals surface area contributed by atoms with Gasteiger partial charge in [0.25, 0.3) is 5.91 Å². The molecule has 23 heavy (non-hydrogen) atoms. The lowest BCUT2D eigenvalue weighted by Gasteiger charge is -2.37. The van der Waals surface area contributed by atoms with E-state index in [2.05, 4.69) is 10.2 Å². The van der Waals surface area contributed by atoms with Crippen LogP contribution in [0.2, 0.25) is 10.0 Å². The summed E-state index contributed by atoms with van der Waals surface area (Å²) >= 11 is 12.1. The molecule has 2 heterocycles. The highest BCUT2D eigenvalue weighted by Gasteiger charge is 2.25. The highest BCUT2D eigenvalue weighted by atomic mass is 35.5. The van der Waals surface area contributed by atoms with Crippen LogP contribution in [0.5, 0.6) is 0 Å². The Morgan fingerprint density at radius 1 is 1.13 bits per heavy atom. The zero-order valence-electron chi connectivity index (χ0n) is 13.2. The molecule has 126 valence electrons. The Bertz CT molecular complexity index is 553. The summed E-state index contributed by atoms with van der Waals surface area (Å²) in [5.74, 6) is 0.803. The SMILES string of the molecule is O=C(c1ccc(Cl)cc1Cl)N1CCN(CC2CCNCC2)CC1. The predicted octanol–water partition coefficient (Wildman–Crippen LogP) is 2.75. The molecule has 1 aromatic rings. The molecule has 0 atom stereocenters. The number of piperidine rings is 1. The fourth-order valence-corrected chi connectivity index (χ4v) is 3.89. The van der Waals surface area contributed by atoms with Gasteiger partial charge in [-0.3, -0.25) is 9.69 Å². The minimum atomic E-state index is 0.00758. The Kier molecular flexibility index (Phi) is 5.81. The maximum absolute atomic E-state index is 12.6. The van der Waals surface area contributed by atoms with Gasteiger partial charge >= 0.3 is 0 Å². The molecule has 0 aromatic heterocycles. The van der Waals surface area contributed by atoms with Gasteiger partial charge in [-0.1, -0.05) is 23.2 Å². The van der Waals surface area contributed by atoms with E-state index < -0.39 is 0 Å². The second kappa shape index (κ2) is 7.84. The lowest BCUT2D eigenvalue weighted by atomic mass is 9.97. The van der Waals surface area contributed by atoms with Gasteiger partial charge in [0.2, 0.25) is 0 Å². The number of halogens is 2. The number of benzene rings is 1. The number of hydrogen-bond acceptors (Lipinski definition) is 3. The Labute approximate surface area is 147 Å². The summed E-state index contributed by atoms with van der Waals surface area (Å²) < 4.78 is 0. The number of amides is 1. The number of piperazine rings is 1. The van der Waals surface area contributed by atoms with Crippen molar-refractivity contribution in [3.05, 3.63) is 33.8 Å². The van der Waals surface area contributed by atoms with Gasteiger partial charge in [0.05, 0.1) is 10.6 Å². The summed E-state index contributed by atoms with van der Waals surface area (Å²) in [6.45, 7) is 6.86. The van der Waals surface area contributed by atoms with Gasteiger partial charge < -0.3 is 10.2 Å². The summed E-state index contributed by atoms with van der Waals surface area (Å²) in [6.07, 6.45) is 2.53. The summed E-state index contributed by atoms with van der Waals surface area (Å²) in [4.78, 5) is 17.0. The fraction of sp³-hybridized carbons (Fsp3) is 0.588. The van der Waals surface area contributed by atoms with Crippen molar-refractivity contribution in [2.24, 2.45) is 5.92 Å². The molecule has 2 fully saturated rings. The molecular formula is C17H23Cl2N3O. The molecule has 0 radical (unpaired) electrons. The van der Waals surface area contributed by atoms with Crippen molar-refractivity contribution in [1.82, 2.24) is 15.1 Å². The second-order valence-electron chi connectivity index (χ2n) is 6.41. The fourth-order valence-electron chi connectivity index (χ4n) is 3.40. The van der Waals surface area contributed by atoms with Gasteiger partial charge in [-0.2, -0.15) is 0 Å². The monoisotopic (exact) mass is 355 g/mol. The highest BCUT2D eigenvalue weighted by Crippen LogP contribution is 2.23. The van der Waals surface area contributed by atoms with Crippen molar-refractivity contribution >= 4 is 29.1 Å². The van der Waals surface area contributed by atoms with Crippen molar-refractivity contribution in [3.63, 3.8) is 0 Å². The van der Waals surface area contributed by atoms with Crippen LogP contribution in [-0.4, -0.2) is 61.5 Å². The van der Waals surface area contributed by atoms with Crippen LogP contribution in [0.3, 0.4) is 0 Å². The van der Waals surface area contributed by atoms with E-state index in [1.807, 2.05) is 4.90 Å². The van der Waals surface area contributed by atoms with Crippen LogP contribution in [0.15, 0.2) is 18.2 Å². The van der Waals surface area contributed by atoms with Gasteiger partial charge in [-0.05, 0) is 50.0 Å². The average molecular weight is 356 g/mol. The lowest BCUT2D eigenvalue weighted by Crippen LogP contribution is -2.50. The number of carbonyl (C=O) groups is 1. The molecule has 0 spiro atoms. The molecule has 0 unspecified atom stereocenters. The van der Waals surface area contributed by atoms with Crippen molar-refractivity contribution in [3.8, 4) is 0 Å². The minimum Gasteiger partial charge on any atom is -0.336 e. The Morgan fingerprint density at radius 2 is 1.83 bits per heavy atom. The van der Waals surface area contributed by atoms with E-state index >= 15 is 0 Å². The van der Waals surface area contributed by atoms with E-state index in [1.165, 1.54) is 12.8 Å². The molecule has 0 saturated carbocycles. The molecule has 6 heteroatoms. The van der Waals surface area contributed by atoms with Crippen LogP contribution in [0.1, 0.15) is 23.2 Å². The first kappa shape index (κ1) is 17.0. The Balaban J connectivity index is 1.52. The van der Waals surface area contributed by atoms with Crippen molar-refractivity contribution in [1.29, 1.82) is 0 Å². The number of hydrogen-bond donors (Lipinski definition) is 1. The number of nitrogens with zero attached hydrogens (tertiary/aromatic N) is 2. The highest BCUT2D eigenvalue weighted by molar-refractivity contribution is 6.36. The third-order valence-electron chi connectivity index (χ3n) is 4.80. The molecule has 0 bridgehead atoms. The van der Waals surface area contributed by atoms with E-state index in [1.54, 1.807) is 18.2 Å². The van der Waals surface area contributed by atoms with Gasteiger partial charge in [-0.25, -0.2) is 0 Å². The first-order chi connectivity index (χ1) is 11.1. The van der Waals surface area contributed by atoms with Crippen LogP contribution in [0.4, 0.5) is 0 Å². The predicted molar refractivity (Wildman–Crippen MR) is 94.4 cm³/mol. The molecule has 1 amide bonds. The maximum Gasteiger partial charge on any atom is 0.255 e. The number of nitrogens with one attached hydrogen (secondary N) is 1. The van der Waals surface area contributed by atoms with Crippen LogP contribution in [0.25, 0.3) is 0 Å². The maximum atomic E-state index is 12.6. The largest absolute Gasteiger partial charge is 0.336 e. The van der Waals surface area contributed by atoms with Crippen molar-refractivity contribution < 1.29 is 4.79 Å². The molecule has 2 saturated heterocycles. The van der Waals surface area contributed by atoms with E-state index in [9.17, 15) is 4.79 Å². The molecular weight excluding hydrogens is 333 g/mol. The third-order valence-corrected chi connectivity index (χ3v) is 5.34. The smallest absolute Gasteiger partial charge is 0.255 e. The number of rotatable bonds is 3. The van der Waals surface area contributed by atoms with Crippen LogP contribution < -0.4 is 5.32 Å². The van der Waals surface area contributed by atoms with Gasteiger partial charge in [-0.15, -0.1) is 0 Å². The van der Waals surface area contributed by atoms with Crippen LogP contribution in [-0.2, 0) is 0 Å². The third kappa shape index (κ3) is 4.38. The van der Waals surface area contributed by atoms with Crippen molar-refractivity contribution in [2.75, 3.05) is 45.8 Å². The topological polar surface area (TPSA) is 35.6 Å².